The molecule has 1 aromatic carbocycles. The molecule has 6 nitrogen and oxygen atoms in total. The molecule has 0 aliphatic carbocycles. The molecule has 3 rings (SSSR count). The van der Waals surface area contributed by atoms with Gasteiger partial charge in [-0.15, -0.1) is 0 Å². The predicted molar refractivity (Wildman–Crippen MR) is 120 cm³/mol. The van der Waals surface area contributed by atoms with Crippen LogP contribution >= 0.6 is 23.2 Å². The van der Waals surface area contributed by atoms with Crippen molar-refractivity contribution in [1.82, 2.24) is 9.97 Å². The molecule has 2 aromatic heterocycles. The molecular formula is C22H24Cl2N2O4. The number of aromatic nitrogens is 2. The standard InChI is InChI=1S/C13H10ClNO2.C7H6ClNO2.2CH4/c1-9-7-15-8-11(14)12(9)13(16)17-10-5-3-2-4-6-10;1-4-2-9-3-5(8)6(4)7(10)11;;/h2-8H,1H3;2-3H,1H3,(H,10,11);2*1H4. The number of pyridine rings is 2. The van der Waals surface area contributed by atoms with Crippen LogP contribution in [0.5, 0.6) is 5.75 Å². The highest BCUT2D eigenvalue weighted by Crippen LogP contribution is 2.20. The molecule has 0 atom stereocenters. The summed E-state index contributed by atoms with van der Waals surface area (Å²) in [6.45, 7) is 3.42. The normalized spacial score (nSPS) is 9.20. The van der Waals surface area contributed by atoms with Gasteiger partial charge in [0.2, 0.25) is 0 Å². The van der Waals surface area contributed by atoms with Gasteiger partial charge in [-0.1, -0.05) is 56.3 Å². The third-order valence-corrected chi connectivity index (χ3v) is 4.12. The zero-order valence-corrected chi connectivity index (χ0v) is 16.5. The molecule has 3 aromatic rings. The van der Waals surface area contributed by atoms with Gasteiger partial charge in [-0.2, -0.15) is 0 Å². The quantitative estimate of drug-likeness (QED) is 0.373. The summed E-state index contributed by atoms with van der Waals surface area (Å²) in [5.74, 6) is -0.999. The third-order valence-electron chi connectivity index (χ3n) is 3.55. The molecule has 0 saturated heterocycles. The van der Waals surface area contributed by atoms with Gasteiger partial charge in [0, 0.05) is 24.8 Å². The van der Waals surface area contributed by atoms with Crippen molar-refractivity contribution in [2.45, 2.75) is 28.7 Å². The van der Waals surface area contributed by atoms with E-state index in [2.05, 4.69) is 9.97 Å². The molecular weight excluding hydrogens is 427 g/mol. The second kappa shape index (κ2) is 12.6. The van der Waals surface area contributed by atoms with Crippen molar-refractivity contribution in [3.63, 3.8) is 0 Å². The fourth-order valence-corrected chi connectivity index (χ4v) is 2.81. The van der Waals surface area contributed by atoms with Crippen LogP contribution in [0.25, 0.3) is 0 Å². The van der Waals surface area contributed by atoms with Crippen LogP contribution in [0.1, 0.15) is 46.7 Å². The minimum atomic E-state index is -1.02. The Hall–Kier alpha value is -2.96. The van der Waals surface area contributed by atoms with Crippen LogP contribution in [0.2, 0.25) is 10.0 Å². The number of aromatic carboxylic acids is 1. The van der Waals surface area contributed by atoms with Gasteiger partial charge in [0.25, 0.3) is 0 Å². The number of nitrogens with zero attached hydrogens (tertiary/aromatic N) is 2. The monoisotopic (exact) mass is 450 g/mol. The van der Waals surface area contributed by atoms with Crippen molar-refractivity contribution in [2.75, 3.05) is 0 Å². The van der Waals surface area contributed by atoms with E-state index in [1.807, 2.05) is 6.07 Å². The Morgan fingerprint density at radius 3 is 1.70 bits per heavy atom. The van der Waals surface area contributed by atoms with Crippen molar-refractivity contribution in [1.29, 1.82) is 0 Å². The average Bonchev–Trinajstić information content (AvgIpc) is 2.62. The van der Waals surface area contributed by atoms with Crippen LogP contribution in [-0.2, 0) is 0 Å². The van der Waals surface area contributed by atoms with Gasteiger partial charge in [-0.05, 0) is 37.1 Å². The number of aryl methyl sites for hydroxylation is 2. The first-order valence-corrected chi connectivity index (χ1v) is 8.77. The Balaban J connectivity index is 0.000000569. The molecule has 8 heteroatoms. The summed E-state index contributed by atoms with van der Waals surface area (Å²) in [4.78, 5) is 30.1. The van der Waals surface area contributed by atoms with Gasteiger partial charge in [-0.25, -0.2) is 9.59 Å². The van der Waals surface area contributed by atoms with Gasteiger partial charge < -0.3 is 9.84 Å². The fourth-order valence-electron chi connectivity index (χ4n) is 2.24. The molecule has 0 spiro atoms. The second-order valence-electron chi connectivity index (χ2n) is 5.63. The number of hydrogen-bond donors (Lipinski definition) is 1. The van der Waals surface area contributed by atoms with Gasteiger partial charge in [0.05, 0.1) is 21.2 Å². The number of carboxylic acids is 1. The Bertz CT molecular complexity index is 955. The number of ether oxygens (including phenoxy) is 1. The van der Waals surface area contributed by atoms with Gasteiger partial charge in [0.1, 0.15) is 5.75 Å². The number of benzene rings is 1. The highest BCUT2D eigenvalue weighted by molar-refractivity contribution is 6.34. The zero-order valence-electron chi connectivity index (χ0n) is 15.0. The molecule has 0 fully saturated rings. The van der Waals surface area contributed by atoms with Crippen LogP contribution < -0.4 is 4.74 Å². The van der Waals surface area contributed by atoms with E-state index in [-0.39, 0.29) is 25.4 Å². The van der Waals surface area contributed by atoms with E-state index in [1.165, 1.54) is 18.6 Å². The van der Waals surface area contributed by atoms with Crippen molar-refractivity contribution >= 4 is 35.1 Å². The maximum absolute atomic E-state index is 11.9. The van der Waals surface area contributed by atoms with Gasteiger partial charge in [-0.3, -0.25) is 9.97 Å². The number of hydrogen-bond acceptors (Lipinski definition) is 5. The van der Waals surface area contributed by atoms with Crippen LogP contribution in [0.15, 0.2) is 55.1 Å². The summed E-state index contributed by atoms with van der Waals surface area (Å²) in [7, 11) is 0. The van der Waals surface area contributed by atoms with Crippen LogP contribution in [0, 0.1) is 13.8 Å². The lowest BCUT2D eigenvalue weighted by Gasteiger charge is -2.07. The number of carbonyl (C=O) groups excluding carboxylic acids is 1. The van der Waals surface area contributed by atoms with E-state index in [0.29, 0.717) is 27.5 Å². The summed E-state index contributed by atoms with van der Waals surface area (Å²) >= 11 is 11.5. The molecule has 0 bridgehead atoms. The predicted octanol–water partition coefficient (Wildman–Crippen LogP) is 6.28. The second-order valence-corrected chi connectivity index (χ2v) is 6.45. The molecule has 0 radical (unpaired) electrons. The van der Waals surface area contributed by atoms with E-state index in [9.17, 15) is 9.59 Å². The summed E-state index contributed by atoms with van der Waals surface area (Å²) < 4.78 is 5.21. The molecule has 1 N–H and O–H groups in total. The number of para-hydroxylation sites is 1. The minimum absolute atomic E-state index is 0. The Morgan fingerprint density at radius 1 is 0.833 bits per heavy atom. The molecule has 0 saturated carbocycles. The highest BCUT2D eigenvalue weighted by Gasteiger charge is 2.15. The third kappa shape index (κ3) is 7.13. The molecule has 0 unspecified atom stereocenters. The van der Waals surface area contributed by atoms with Crippen molar-refractivity contribution in [3.8, 4) is 5.75 Å². The maximum Gasteiger partial charge on any atom is 0.345 e. The molecule has 2 heterocycles. The zero-order chi connectivity index (χ0) is 20.7. The lowest BCUT2D eigenvalue weighted by atomic mass is 10.1. The first kappa shape index (κ1) is 27.0. The van der Waals surface area contributed by atoms with Crippen LogP contribution in [0.3, 0.4) is 0 Å². The summed E-state index contributed by atoms with van der Waals surface area (Å²) in [6, 6.07) is 8.86. The van der Waals surface area contributed by atoms with E-state index in [0.717, 1.165) is 0 Å². The molecule has 30 heavy (non-hydrogen) atoms. The van der Waals surface area contributed by atoms with E-state index in [1.54, 1.807) is 44.3 Å². The maximum atomic E-state index is 11.9. The largest absolute Gasteiger partial charge is 0.478 e. The molecule has 0 amide bonds. The highest BCUT2D eigenvalue weighted by atomic mass is 35.5. The summed E-state index contributed by atoms with van der Waals surface area (Å²) in [5, 5.41) is 9.11. The van der Waals surface area contributed by atoms with Gasteiger partial charge >= 0.3 is 11.9 Å². The summed E-state index contributed by atoms with van der Waals surface area (Å²) in [5.41, 5.74) is 1.75. The van der Waals surface area contributed by atoms with E-state index >= 15 is 0 Å². The number of rotatable bonds is 3. The lowest BCUT2D eigenvalue weighted by molar-refractivity contribution is 0.0693. The number of carbonyl (C=O) groups is 2. The lowest BCUT2D eigenvalue weighted by Crippen LogP contribution is -2.11. The average molecular weight is 451 g/mol. The number of carboxylic acid groups (broad SMARTS) is 1. The first-order valence-electron chi connectivity index (χ1n) is 8.02. The topological polar surface area (TPSA) is 89.4 Å². The molecule has 160 valence electrons. The Labute approximate surface area is 186 Å². The summed E-state index contributed by atoms with van der Waals surface area (Å²) in [6.07, 6.45) is 5.79. The Morgan fingerprint density at radius 2 is 1.30 bits per heavy atom. The smallest absolute Gasteiger partial charge is 0.345 e. The van der Waals surface area contributed by atoms with Crippen molar-refractivity contribution < 1.29 is 19.4 Å². The van der Waals surface area contributed by atoms with Crippen LogP contribution in [-0.4, -0.2) is 27.0 Å². The number of esters is 1. The minimum Gasteiger partial charge on any atom is -0.478 e. The van der Waals surface area contributed by atoms with Crippen molar-refractivity contribution in [3.05, 3.63) is 87.4 Å². The Kier molecular flexibility index (Phi) is 11.3. The van der Waals surface area contributed by atoms with Crippen molar-refractivity contribution in [2.24, 2.45) is 0 Å². The fraction of sp³-hybridized carbons (Fsp3) is 0.182. The molecule has 0 aliphatic heterocycles. The van der Waals surface area contributed by atoms with Crippen LogP contribution in [0.4, 0.5) is 0 Å². The van der Waals surface area contributed by atoms with Gasteiger partial charge in [0.15, 0.2) is 0 Å². The number of halogens is 2. The van der Waals surface area contributed by atoms with E-state index in [4.69, 9.17) is 33.0 Å². The first-order chi connectivity index (χ1) is 13.3. The van der Waals surface area contributed by atoms with E-state index < -0.39 is 11.9 Å². The SMILES string of the molecule is C.C.Cc1cncc(Cl)c1C(=O)O.Cc1cncc(Cl)c1C(=O)Oc1ccccc1. The molecule has 0 aliphatic rings.